The molecule has 0 aromatic heterocycles. The summed E-state index contributed by atoms with van der Waals surface area (Å²) in [6.07, 6.45) is 34.7. The van der Waals surface area contributed by atoms with Gasteiger partial charge in [-0.05, 0) is 19.3 Å². The molecule has 0 fully saturated rings. The number of hydrogen-bond donors (Lipinski definition) is 3. The van der Waals surface area contributed by atoms with Crippen LogP contribution in [0, 0.1) is 0 Å². The molecule has 0 radical (unpaired) electrons. The lowest BCUT2D eigenvalue weighted by Gasteiger charge is -2.20. The first-order chi connectivity index (χ1) is 19.2. The first-order valence-corrected chi connectivity index (χ1v) is 16.7. The number of allylic oxidation sites excluding steroid dienone is 1. The third kappa shape index (κ3) is 26.7. The summed E-state index contributed by atoms with van der Waals surface area (Å²) >= 11 is 0. The van der Waals surface area contributed by atoms with Crippen LogP contribution in [0.2, 0.25) is 0 Å². The molecular formula is C34H67NO3. The summed E-state index contributed by atoms with van der Waals surface area (Å²) in [4.78, 5) is 12.3. The summed E-state index contributed by atoms with van der Waals surface area (Å²) in [6.45, 7) is 2.59. The molecule has 0 aliphatic rings. The van der Waals surface area contributed by atoms with Gasteiger partial charge in [0, 0.05) is 7.79 Å². The molecule has 0 aromatic rings. The minimum Gasteiger partial charge on any atom is -0.394 e. The first-order valence-electron chi connectivity index (χ1n) is 17.4. The van der Waals surface area contributed by atoms with Crippen molar-refractivity contribution in [3.8, 4) is 0 Å². The third-order valence-corrected chi connectivity index (χ3v) is 7.67. The lowest BCUT2D eigenvalue weighted by atomic mass is 10.0. The van der Waals surface area contributed by atoms with Gasteiger partial charge < -0.3 is 15.5 Å². The highest BCUT2D eigenvalue weighted by Gasteiger charge is 2.17. The minimum atomic E-state index is -0.838. The molecule has 226 valence electrons. The molecule has 1 amide bonds. The summed E-state index contributed by atoms with van der Waals surface area (Å²) in [6, 6.07) is -0.622. The van der Waals surface area contributed by atoms with Gasteiger partial charge >= 0.3 is 0 Å². The van der Waals surface area contributed by atoms with E-state index in [2.05, 4.69) is 12.2 Å². The topological polar surface area (TPSA) is 69.6 Å². The Labute approximate surface area is 239 Å². The number of rotatable bonds is 30. The Morgan fingerprint density at radius 3 is 1.55 bits per heavy atom. The van der Waals surface area contributed by atoms with Gasteiger partial charge in [-0.1, -0.05) is 167 Å². The van der Waals surface area contributed by atoms with Crippen molar-refractivity contribution in [1.82, 2.24) is 5.32 Å². The Morgan fingerprint density at radius 2 is 1.11 bits per heavy atom. The van der Waals surface area contributed by atoms with E-state index in [1.165, 1.54) is 128 Å². The van der Waals surface area contributed by atoms with Crippen LogP contribution in [0.15, 0.2) is 12.2 Å². The highest BCUT2D eigenvalue weighted by atomic mass is 16.3. The van der Waals surface area contributed by atoms with Gasteiger partial charge in [0.1, 0.15) is 0 Å². The van der Waals surface area contributed by atoms with Crippen molar-refractivity contribution >= 4 is 5.91 Å². The van der Waals surface area contributed by atoms with Crippen molar-refractivity contribution in [2.75, 3.05) is 6.61 Å². The molecule has 0 aromatic carbocycles. The number of unbranched alkanes of at least 4 members (excludes halogenated alkanes) is 23. The lowest BCUT2D eigenvalue weighted by Crippen LogP contribution is -2.45. The molecule has 0 unspecified atom stereocenters. The maximum atomic E-state index is 12.3. The number of aliphatic hydroxyl groups excluding tert-OH is 2. The largest absolute Gasteiger partial charge is 0.394 e. The van der Waals surface area contributed by atoms with E-state index in [1.807, 2.05) is 6.08 Å². The van der Waals surface area contributed by atoms with Crippen LogP contribution in [0.1, 0.15) is 182 Å². The van der Waals surface area contributed by atoms with Crippen LogP contribution in [0.25, 0.3) is 0 Å². The van der Waals surface area contributed by atoms with Crippen LogP contribution >= 0.6 is 0 Å². The summed E-state index contributed by atoms with van der Waals surface area (Å²) < 4.78 is 7.15. The summed E-state index contributed by atoms with van der Waals surface area (Å²) in [5, 5.41) is 22.8. The molecule has 0 aliphatic carbocycles. The zero-order chi connectivity index (χ0) is 28.7. The molecule has 3 N–H and O–H groups in total. The van der Waals surface area contributed by atoms with E-state index in [4.69, 9.17) is 1.37 Å². The van der Waals surface area contributed by atoms with Crippen LogP contribution in [-0.4, -0.2) is 34.9 Å². The second kappa shape index (κ2) is 30.7. The van der Waals surface area contributed by atoms with Gasteiger partial charge in [-0.15, -0.1) is 0 Å². The van der Waals surface area contributed by atoms with E-state index in [9.17, 15) is 15.0 Å². The Balaban J connectivity index is 3.62. The maximum absolute atomic E-state index is 12.3. The number of nitrogens with one attached hydrogen (secondary N) is 1. The van der Waals surface area contributed by atoms with E-state index in [0.29, 0.717) is 13.3 Å². The van der Waals surface area contributed by atoms with E-state index >= 15 is 0 Å². The van der Waals surface area contributed by atoms with Crippen LogP contribution < -0.4 is 5.32 Å². The number of aliphatic hydroxyl groups is 2. The van der Waals surface area contributed by atoms with Gasteiger partial charge in [-0.25, -0.2) is 0 Å². The lowest BCUT2D eigenvalue weighted by molar-refractivity contribution is -0.123. The molecular weight excluding hydrogens is 472 g/mol. The molecule has 4 nitrogen and oxygen atoms in total. The molecule has 0 saturated carbocycles. The van der Waals surface area contributed by atoms with Crippen LogP contribution in [0.4, 0.5) is 0 Å². The molecule has 0 heterocycles. The summed E-state index contributed by atoms with van der Waals surface area (Å²) in [7, 11) is 0. The van der Waals surface area contributed by atoms with Gasteiger partial charge in [-0.3, -0.25) is 4.79 Å². The SMILES string of the molecule is [2H]CCCCCCCCCCCCCCC[14C](=O)N[C@@H](CO)[C@H](O)/C=C/CCCCCCCCCCCCC. The summed E-state index contributed by atoms with van der Waals surface area (Å²) in [5.41, 5.74) is 0. The maximum Gasteiger partial charge on any atom is 0.220 e. The second-order valence-electron chi connectivity index (χ2n) is 11.4. The van der Waals surface area contributed by atoms with E-state index in [1.54, 1.807) is 6.08 Å². The van der Waals surface area contributed by atoms with Gasteiger partial charge in [0.25, 0.3) is 0 Å². The van der Waals surface area contributed by atoms with E-state index < -0.39 is 12.1 Å². The van der Waals surface area contributed by atoms with Crippen molar-refractivity contribution in [2.24, 2.45) is 0 Å². The molecule has 0 spiro atoms. The van der Waals surface area contributed by atoms with Crippen LogP contribution in [0.5, 0.6) is 0 Å². The van der Waals surface area contributed by atoms with Crippen molar-refractivity contribution in [3.63, 3.8) is 0 Å². The van der Waals surface area contributed by atoms with E-state index in [-0.39, 0.29) is 12.5 Å². The molecule has 38 heavy (non-hydrogen) atoms. The molecule has 4 heteroatoms. The first kappa shape index (κ1) is 35.2. The van der Waals surface area contributed by atoms with Crippen molar-refractivity contribution in [2.45, 2.75) is 193 Å². The average Bonchev–Trinajstić information content (AvgIpc) is 2.94. The normalized spacial score (nSPS) is 13.6. The fourth-order valence-electron chi connectivity index (χ4n) is 5.04. The number of amides is 1. The van der Waals surface area contributed by atoms with Crippen molar-refractivity contribution in [1.29, 1.82) is 0 Å². The zero-order valence-electron chi connectivity index (χ0n) is 26.4. The highest BCUT2D eigenvalue weighted by Crippen LogP contribution is 2.14. The molecule has 0 bridgehead atoms. The average molecular weight is 541 g/mol. The number of carbonyl (C=O) groups excluding carboxylic acids is 1. The van der Waals surface area contributed by atoms with E-state index in [0.717, 1.165) is 32.1 Å². The quantitative estimate of drug-likeness (QED) is 0.0627. The molecule has 2 atom stereocenters. The minimum absolute atomic E-state index is 0.0745. The van der Waals surface area contributed by atoms with Gasteiger partial charge in [0.2, 0.25) is 5.91 Å². The molecule has 0 aliphatic heterocycles. The van der Waals surface area contributed by atoms with Crippen molar-refractivity contribution < 1.29 is 16.4 Å². The van der Waals surface area contributed by atoms with Crippen LogP contribution in [-0.2, 0) is 4.79 Å². The number of carbonyl (C=O) groups is 1. The third-order valence-electron chi connectivity index (χ3n) is 7.67. The standard InChI is InChI=1S/C34H67NO3/c1-3-5-7-9-11-13-15-17-19-21-23-25-27-29-33(37)32(31-36)35-34(38)30-28-26-24-22-20-18-16-14-12-10-8-6-4-2/h27,29,32-33,36-37H,3-26,28,30-31H2,1-2H3,(H,35,38)/b29-27+/t32-,33+/m0/s1/i2D,34+2. The Kier molecular flexibility index (Phi) is 28.4. The molecule has 0 saturated heterocycles. The Morgan fingerprint density at radius 1 is 0.684 bits per heavy atom. The Hall–Kier alpha value is -0.870. The van der Waals surface area contributed by atoms with Gasteiger partial charge in [0.05, 0.1) is 18.8 Å². The fourth-order valence-corrected chi connectivity index (χ4v) is 5.04. The smallest absolute Gasteiger partial charge is 0.220 e. The Bertz CT molecular complexity index is 529. The van der Waals surface area contributed by atoms with Gasteiger partial charge in [-0.2, -0.15) is 0 Å². The highest BCUT2D eigenvalue weighted by molar-refractivity contribution is 5.76. The molecule has 0 rings (SSSR count). The fraction of sp³-hybridized carbons (Fsp3) is 0.912. The second-order valence-corrected chi connectivity index (χ2v) is 11.4. The number of hydrogen-bond acceptors (Lipinski definition) is 3. The van der Waals surface area contributed by atoms with Gasteiger partial charge in [0.15, 0.2) is 0 Å². The summed E-state index contributed by atoms with van der Waals surface area (Å²) in [5.74, 6) is -0.0745. The predicted octanol–water partition coefficient (Wildman–Crippen LogP) is 9.56. The zero-order valence-corrected chi connectivity index (χ0v) is 25.4. The van der Waals surface area contributed by atoms with Crippen LogP contribution in [0.3, 0.4) is 0 Å². The monoisotopic (exact) mass is 541 g/mol. The van der Waals surface area contributed by atoms with Crippen molar-refractivity contribution in [3.05, 3.63) is 12.2 Å². The predicted molar refractivity (Wildman–Crippen MR) is 166 cm³/mol.